The molecule has 150 valence electrons. The zero-order chi connectivity index (χ0) is 20.3. The number of carbonyl (C=O) groups is 1. The number of nitrogens with zero attached hydrogens (tertiary/aromatic N) is 4. The number of anilines is 1. The lowest BCUT2D eigenvalue weighted by Crippen LogP contribution is -2.51. The first-order valence-corrected chi connectivity index (χ1v) is 10.7. The Bertz CT molecular complexity index is 1080. The third kappa shape index (κ3) is 4.15. The first kappa shape index (κ1) is 19.2. The summed E-state index contributed by atoms with van der Waals surface area (Å²) in [5.74, 6) is 0. The normalized spacial score (nSPS) is 15.2. The van der Waals surface area contributed by atoms with Crippen LogP contribution in [0, 0.1) is 0 Å². The van der Waals surface area contributed by atoms with Gasteiger partial charge in [-0.15, -0.1) is 0 Å². The van der Waals surface area contributed by atoms with Gasteiger partial charge in [-0.2, -0.15) is 4.31 Å². The second kappa shape index (κ2) is 8.06. The number of amides is 2. The monoisotopic (exact) mass is 411 g/mol. The molecule has 0 bridgehead atoms. The molecule has 1 N–H and O–H groups in total. The molecule has 0 aliphatic carbocycles. The Balaban J connectivity index is 1.38. The van der Waals surface area contributed by atoms with E-state index in [0.29, 0.717) is 18.8 Å². The largest absolute Gasteiger partial charge is 0.324 e. The van der Waals surface area contributed by atoms with Crippen molar-refractivity contribution in [3.05, 3.63) is 73.3 Å². The van der Waals surface area contributed by atoms with Crippen LogP contribution in [0.5, 0.6) is 0 Å². The lowest BCUT2D eigenvalue weighted by atomic mass is 10.2. The quantitative estimate of drug-likeness (QED) is 0.714. The molecule has 8 nitrogen and oxygen atoms in total. The number of rotatable bonds is 4. The number of hydrogen-bond acceptors (Lipinski definition) is 4. The van der Waals surface area contributed by atoms with Gasteiger partial charge in [-0.05, 0) is 42.5 Å². The van der Waals surface area contributed by atoms with E-state index in [-0.39, 0.29) is 24.0 Å². The summed E-state index contributed by atoms with van der Waals surface area (Å²) in [7, 11) is -3.59. The molecule has 4 rings (SSSR count). The first-order chi connectivity index (χ1) is 14.0. The van der Waals surface area contributed by atoms with Crippen molar-refractivity contribution >= 4 is 21.7 Å². The molecule has 1 aliphatic rings. The number of carbonyl (C=O) groups excluding carboxylic acids is 1. The Morgan fingerprint density at radius 1 is 0.966 bits per heavy atom. The van der Waals surface area contributed by atoms with Crippen LogP contribution < -0.4 is 5.32 Å². The second-order valence-electron chi connectivity index (χ2n) is 6.65. The molecule has 2 amide bonds. The van der Waals surface area contributed by atoms with Crippen molar-refractivity contribution in [2.45, 2.75) is 4.90 Å². The van der Waals surface area contributed by atoms with Crippen LogP contribution in [-0.4, -0.2) is 59.4 Å². The van der Waals surface area contributed by atoms with Crippen LogP contribution in [-0.2, 0) is 10.0 Å². The molecule has 9 heteroatoms. The molecule has 3 aromatic rings. The molecule has 0 unspecified atom stereocenters. The van der Waals surface area contributed by atoms with Crippen molar-refractivity contribution < 1.29 is 13.2 Å². The van der Waals surface area contributed by atoms with Gasteiger partial charge in [-0.1, -0.05) is 6.07 Å². The number of benzene rings is 1. The van der Waals surface area contributed by atoms with Crippen LogP contribution >= 0.6 is 0 Å². The zero-order valence-corrected chi connectivity index (χ0v) is 16.5. The maximum absolute atomic E-state index is 12.7. The summed E-state index contributed by atoms with van der Waals surface area (Å²) in [6, 6.07) is 14.3. The number of hydrogen-bond donors (Lipinski definition) is 1. The van der Waals surface area contributed by atoms with Crippen molar-refractivity contribution in [3.63, 3.8) is 0 Å². The molecule has 2 aromatic heterocycles. The Hall–Kier alpha value is -3.17. The third-order valence-corrected chi connectivity index (χ3v) is 6.68. The van der Waals surface area contributed by atoms with Gasteiger partial charge in [-0.25, -0.2) is 13.2 Å². The third-order valence-electron chi connectivity index (χ3n) is 4.80. The van der Waals surface area contributed by atoms with E-state index in [1.165, 1.54) is 22.8 Å². The fourth-order valence-corrected chi connectivity index (χ4v) is 4.62. The fourth-order valence-electron chi connectivity index (χ4n) is 3.23. The fraction of sp³-hybridized carbons (Fsp3) is 0.200. The van der Waals surface area contributed by atoms with E-state index in [2.05, 4.69) is 10.3 Å². The van der Waals surface area contributed by atoms with Crippen molar-refractivity contribution in [2.75, 3.05) is 31.5 Å². The molecule has 3 heterocycles. The van der Waals surface area contributed by atoms with E-state index in [9.17, 15) is 13.2 Å². The van der Waals surface area contributed by atoms with Crippen LogP contribution in [0.15, 0.2) is 78.2 Å². The Morgan fingerprint density at radius 3 is 2.41 bits per heavy atom. The van der Waals surface area contributed by atoms with Crippen LogP contribution in [0.4, 0.5) is 10.5 Å². The van der Waals surface area contributed by atoms with Gasteiger partial charge >= 0.3 is 6.03 Å². The highest BCUT2D eigenvalue weighted by Gasteiger charge is 2.30. The summed E-state index contributed by atoms with van der Waals surface area (Å²) < 4.78 is 28.7. The molecule has 0 saturated carbocycles. The summed E-state index contributed by atoms with van der Waals surface area (Å²) in [6.07, 6.45) is 6.74. The van der Waals surface area contributed by atoms with Crippen molar-refractivity contribution in [3.8, 4) is 5.69 Å². The van der Waals surface area contributed by atoms with Gasteiger partial charge in [0.05, 0.1) is 0 Å². The van der Waals surface area contributed by atoms with Crippen molar-refractivity contribution in [1.29, 1.82) is 0 Å². The minimum atomic E-state index is -3.59. The lowest BCUT2D eigenvalue weighted by molar-refractivity contribution is 0.184. The predicted molar refractivity (Wildman–Crippen MR) is 109 cm³/mol. The topological polar surface area (TPSA) is 87.5 Å². The van der Waals surface area contributed by atoms with Crippen molar-refractivity contribution in [2.24, 2.45) is 0 Å². The summed E-state index contributed by atoms with van der Waals surface area (Å²) in [5, 5.41) is 2.89. The molecule has 1 aromatic carbocycles. The van der Waals surface area contributed by atoms with E-state index in [0.717, 1.165) is 5.69 Å². The highest BCUT2D eigenvalue weighted by Crippen LogP contribution is 2.18. The Morgan fingerprint density at radius 2 is 1.72 bits per heavy atom. The molecular weight excluding hydrogens is 390 g/mol. The number of aromatic nitrogens is 2. The van der Waals surface area contributed by atoms with E-state index in [1.807, 2.05) is 53.4 Å². The number of sulfonamides is 1. The summed E-state index contributed by atoms with van der Waals surface area (Å²) in [4.78, 5) is 18.3. The van der Waals surface area contributed by atoms with Crippen LogP contribution in [0.25, 0.3) is 5.69 Å². The van der Waals surface area contributed by atoms with E-state index in [4.69, 9.17) is 0 Å². The number of piperazine rings is 1. The standard InChI is InChI=1S/C20H21N5O3S/c26-20(22-17-5-3-6-18(15-17)23-9-1-2-10-23)24-11-13-25(14-12-24)29(27,28)19-7-4-8-21-16-19/h1-10,15-16H,11-14H2,(H,22,26). The molecule has 29 heavy (non-hydrogen) atoms. The number of pyridine rings is 1. The maximum Gasteiger partial charge on any atom is 0.321 e. The van der Waals surface area contributed by atoms with Crippen molar-refractivity contribution in [1.82, 2.24) is 18.8 Å². The van der Waals surface area contributed by atoms with Gasteiger partial charge in [0.15, 0.2) is 0 Å². The smallest absolute Gasteiger partial charge is 0.321 e. The molecule has 0 radical (unpaired) electrons. The minimum absolute atomic E-state index is 0.166. The number of nitrogens with one attached hydrogen (secondary N) is 1. The van der Waals surface area contributed by atoms with Crippen LogP contribution in [0.3, 0.4) is 0 Å². The van der Waals surface area contributed by atoms with Crippen LogP contribution in [0.2, 0.25) is 0 Å². The molecule has 0 atom stereocenters. The summed E-state index contributed by atoms with van der Waals surface area (Å²) in [5.41, 5.74) is 1.63. The first-order valence-electron chi connectivity index (χ1n) is 9.23. The lowest BCUT2D eigenvalue weighted by Gasteiger charge is -2.33. The predicted octanol–water partition coefficient (Wildman–Crippen LogP) is 2.41. The van der Waals surface area contributed by atoms with Gasteiger partial charge in [0.1, 0.15) is 4.90 Å². The zero-order valence-electron chi connectivity index (χ0n) is 15.7. The summed E-state index contributed by atoms with van der Waals surface area (Å²) in [6.45, 7) is 1.13. The molecule has 1 aliphatic heterocycles. The second-order valence-corrected chi connectivity index (χ2v) is 8.59. The Kier molecular flexibility index (Phi) is 5.32. The van der Waals surface area contributed by atoms with Gasteiger partial charge in [0.2, 0.25) is 10.0 Å². The van der Waals surface area contributed by atoms with Gasteiger partial charge in [0, 0.05) is 62.3 Å². The van der Waals surface area contributed by atoms with Gasteiger partial charge < -0.3 is 14.8 Å². The SMILES string of the molecule is O=C(Nc1cccc(-n2cccc2)c1)N1CCN(S(=O)(=O)c2cccnc2)CC1. The molecular formula is C20H21N5O3S. The number of urea groups is 1. The molecule has 1 fully saturated rings. The van der Waals surface area contributed by atoms with E-state index >= 15 is 0 Å². The average molecular weight is 411 g/mol. The highest BCUT2D eigenvalue weighted by atomic mass is 32.2. The maximum atomic E-state index is 12.7. The minimum Gasteiger partial charge on any atom is -0.324 e. The van der Waals surface area contributed by atoms with E-state index < -0.39 is 10.0 Å². The molecule has 0 spiro atoms. The molecule has 1 saturated heterocycles. The van der Waals surface area contributed by atoms with Crippen LogP contribution in [0.1, 0.15) is 0 Å². The summed E-state index contributed by atoms with van der Waals surface area (Å²) >= 11 is 0. The van der Waals surface area contributed by atoms with Gasteiger partial charge in [0.25, 0.3) is 0 Å². The van der Waals surface area contributed by atoms with Gasteiger partial charge in [-0.3, -0.25) is 4.98 Å². The highest BCUT2D eigenvalue weighted by molar-refractivity contribution is 7.89. The average Bonchev–Trinajstić information content (AvgIpc) is 3.30. The Labute approximate surface area is 169 Å². The van der Waals surface area contributed by atoms with E-state index in [1.54, 1.807) is 11.0 Å².